The number of hydrogen-bond acceptors (Lipinski definition) is 12. The number of esters is 1. The number of nitrogens with two attached hydrogens (primary N) is 1. The standard InChI is InChI=1S/C29H33NO11/c1-12-35-10-22-28(39-12)17(30)8-23(40-22)41-27-15-7-19-18(37-11-38-19)6-14(15)24(25-16(27)9-36-29(25)32)13-4-20(33-2)26(31)21(5-13)34-3/h4-7,12,16-17,22-25,27-28,31H,8-11,30H2,1-3H3/t12?,16-,17-,22+,23+,24+,25-,27+,28-/m0/s1. The summed E-state index contributed by atoms with van der Waals surface area (Å²) in [6.07, 6.45) is -1.83. The minimum Gasteiger partial charge on any atom is -0.502 e. The van der Waals surface area contributed by atoms with Crippen molar-refractivity contribution < 1.29 is 52.5 Å². The number of hydrogen-bond donors (Lipinski definition) is 2. The molecule has 9 atom stereocenters. The maximum Gasteiger partial charge on any atom is 0.310 e. The van der Waals surface area contributed by atoms with Gasteiger partial charge in [-0.05, 0) is 47.9 Å². The van der Waals surface area contributed by atoms with Gasteiger partial charge in [-0.25, -0.2) is 0 Å². The number of carbonyl (C=O) groups excluding carboxylic acids is 1. The maximum atomic E-state index is 13.4. The molecule has 4 aliphatic heterocycles. The number of ether oxygens (including phenoxy) is 9. The zero-order valence-corrected chi connectivity index (χ0v) is 22.9. The van der Waals surface area contributed by atoms with Crippen LogP contribution in [0.3, 0.4) is 0 Å². The summed E-state index contributed by atoms with van der Waals surface area (Å²) in [5, 5.41) is 10.6. The first-order valence-electron chi connectivity index (χ1n) is 13.7. The Balaban J connectivity index is 1.30. The summed E-state index contributed by atoms with van der Waals surface area (Å²) in [6, 6.07) is 6.91. The summed E-state index contributed by atoms with van der Waals surface area (Å²) in [7, 11) is 2.92. The minimum absolute atomic E-state index is 0.0895. The molecule has 0 spiro atoms. The van der Waals surface area contributed by atoms with E-state index in [1.807, 2.05) is 19.1 Å². The third kappa shape index (κ3) is 4.36. The molecule has 2 aromatic rings. The van der Waals surface area contributed by atoms with Crippen LogP contribution in [0.4, 0.5) is 0 Å². The molecule has 0 saturated carbocycles. The van der Waals surface area contributed by atoms with Crippen LogP contribution in [0.5, 0.6) is 28.7 Å². The quantitative estimate of drug-likeness (QED) is 0.508. The van der Waals surface area contributed by atoms with Crippen LogP contribution in [-0.4, -0.2) is 76.1 Å². The van der Waals surface area contributed by atoms with Crippen LogP contribution in [0, 0.1) is 11.8 Å². The molecule has 3 fully saturated rings. The van der Waals surface area contributed by atoms with E-state index in [4.69, 9.17) is 48.4 Å². The van der Waals surface area contributed by atoms with Crippen molar-refractivity contribution in [2.75, 3.05) is 34.2 Å². The van der Waals surface area contributed by atoms with Crippen LogP contribution in [0.25, 0.3) is 0 Å². The molecule has 3 saturated heterocycles. The summed E-state index contributed by atoms with van der Waals surface area (Å²) in [5.41, 5.74) is 8.86. The summed E-state index contributed by atoms with van der Waals surface area (Å²) in [6.45, 7) is 2.44. The molecule has 4 heterocycles. The molecular weight excluding hydrogens is 538 g/mol. The fraction of sp³-hybridized carbons (Fsp3) is 0.552. The second-order valence-corrected chi connectivity index (χ2v) is 11.0. The minimum atomic E-state index is -0.656. The van der Waals surface area contributed by atoms with E-state index in [2.05, 4.69) is 0 Å². The smallest absolute Gasteiger partial charge is 0.310 e. The molecule has 0 aromatic heterocycles. The van der Waals surface area contributed by atoms with Crippen LogP contribution in [0.2, 0.25) is 0 Å². The SMILES string of the molecule is COc1cc([C@@H]2c3cc4c(cc3[C@@H](O[C@@H]3C[C@H](N)[C@@H]5OC(C)OC[C@H]5O3)[C@H]3COC(=O)[C@H]23)OCO4)cc(OC)c1O. The Morgan fingerprint density at radius 2 is 1.66 bits per heavy atom. The number of fused-ring (bicyclic) bond motifs is 4. The van der Waals surface area contributed by atoms with Crippen molar-refractivity contribution in [2.45, 2.75) is 56.2 Å². The third-order valence-corrected chi connectivity index (χ3v) is 8.70. The number of rotatable bonds is 5. The largest absolute Gasteiger partial charge is 0.502 e. The predicted molar refractivity (Wildman–Crippen MR) is 139 cm³/mol. The van der Waals surface area contributed by atoms with Crippen LogP contribution in [-0.2, 0) is 28.5 Å². The van der Waals surface area contributed by atoms with Crippen molar-refractivity contribution in [3.63, 3.8) is 0 Å². The molecule has 3 N–H and O–H groups in total. The van der Waals surface area contributed by atoms with Gasteiger partial charge in [0.15, 0.2) is 35.6 Å². The molecule has 1 aliphatic carbocycles. The van der Waals surface area contributed by atoms with E-state index >= 15 is 0 Å². The van der Waals surface area contributed by atoms with Crippen LogP contribution in [0.15, 0.2) is 24.3 Å². The second-order valence-electron chi connectivity index (χ2n) is 11.0. The first kappa shape index (κ1) is 26.6. The van der Waals surface area contributed by atoms with E-state index in [-0.39, 0.29) is 67.1 Å². The van der Waals surface area contributed by atoms with Gasteiger partial charge in [-0.1, -0.05) is 0 Å². The number of aromatic hydroxyl groups is 1. The Hall–Kier alpha value is -3.29. The van der Waals surface area contributed by atoms with Crippen molar-refractivity contribution >= 4 is 5.97 Å². The molecule has 12 nitrogen and oxygen atoms in total. The van der Waals surface area contributed by atoms with Gasteiger partial charge in [0.25, 0.3) is 0 Å². The van der Waals surface area contributed by atoms with Gasteiger partial charge in [0.1, 0.15) is 12.2 Å². The van der Waals surface area contributed by atoms with E-state index in [1.165, 1.54) is 14.2 Å². The highest BCUT2D eigenvalue weighted by molar-refractivity contribution is 5.79. The van der Waals surface area contributed by atoms with Gasteiger partial charge in [-0.3, -0.25) is 4.79 Å². The molecule has 41 heavy (non-hydrogen) atoms. The highest BCUT2D eigenvalue weighted by Gasteiger charge is 2.54. The predicted octanol–water partition coefficient (Wildman–Crippen LogP) is 2.33. The van der Waals surface area contributed by atoms with Gasteiger partial charge in [-0.2, -0.15) is 0 Å². The first-order valence-corrected chi connectivity index (χ1v) is 13.7. The molecule has 7 rings (SSSR count). The summed E-state index contributed by atoms with van der Waals surface area (Å²) in [5.74, 6) is -0.260. The normalized spacial score (nSPS) is 35.2. The van der Waals surface area contributed by atoms with Crippen molar-refractivity contribution in [1.29, 1.82) is 0 Å². The van der Waals surface area contributed by atoms with E-state index in [9.17, 15) is 9.90 Å². The molecule has 0 bridgehead atoms. The van der Waals surface area contributed by atoms with Crippen molar-refractivity contribution in [2.24, 2.45) is 17.6 Å². The molecule has 1 unspecified atom stereocenters. The summed E-state index contributed by atoms with van der Waals surface area (Å²) < 4.78 is 52.5. The average Bonchev–Trinajstić information content (AvgIpc) is 3.59. The monoisotopic (exact) mass is 571 g/mol. The molecule has 0 radical (unpaired) electrons. The average molecular weight is 572 g/mol. The summed E-state index contributed by atoms with van der Waals surface area (Å²) in [4.78, 5) is 13.4. The zero-order chi connectivity index (χ0) is 28.4. The molecule has 2 aromatic carbocycles. The van der Waals surface area contributed by atoms with Gasteiger partial charge in [0, 0.05) is 24.3 Å². The fourth-order valence-electron chi connectivity index (χ4n) is 6.80. The van der Waals surface area contributed by atoms with Crippen molar-refractivity contribution in [3.8, 4) is 28.7 Å². The van der Waals surface area contributed by atoms with Gasteiger partial charge < -0.3 is 53.5 Å². The molecule has 0 amide bonds. The zero-order valence-electron chi connectivity index (χ0n) is 22.9. The Bertz CT molecular complexity index is 1330. The number of benzene rings is 2. The van der Waals surface area contributed by atoms with E-state index in [0.717, 1.165) is 11.1 Å². The highest BCUT2D eigenvalue weighted by Crippen LogP contribution is 2.57. The Labute approximate surface area is 236 Å². The van der Waals surface area contributed by atoms with Crippen LogP contribution in [0.1, 0.15) is 42.1 Å². The number of phenolic OH excluding ortho intramolecular Hbond substituents is 1. The lowest BCUT2D eigenvalue weighted by atomic mass is 9.66. The van der Waals surface area contributed by atoms with Gasteiger partial charge in [-0.15, -0.1) is 0 Å². The highest BCUT2D eigenvalue weighted by atomic mass is 16.7. The van der Waals surface area contributed by atoms with Crippen molar-refractivity contribution in [1.82, 2.24) is 0 Å². The molecule has 5 aliphatic rings. The van der Waals surface area contributed by atoms with Gasteiger partial charge in [0.2, 0.25) is 12.5 Å². The number of phenols is 1. The van der Waals surface area contributed by atoms with Gasteiger partial charge >= 0.3 is 5.97 Å². The third-order valence-electron chi connectivity index (χ3n) is 8.70. The maximum absolute atomic E-state index is 13.4. The van der Waals surface area contributed by atoms with Gasteiger partial charge in [0.05, 0.1) is 39.5 Å². The lowest BCUT2D eigenvalue weighted by molar-refractivity contribution is -0.322. The topological polar surface area (TPSA) is 146 Å². The van der Waals surface area contributed by atoms with Crippen LogP contribution < -0.4 is 24.7 Å². The summed E-state index contributed by atoms with van der Waals surface area (Å²) >= 11 is 0. The molecule has 12 heteroatoms. The van der Waals surface area contributed by atoms with Crippen LogP contribution >= 0.6 is 0 Å². The lowest BCUT2D eigenvalue weighted by Crippen LogP contribution is -2.59. The molecule has 220 valence electrons. The van der Waals surface area contributed by atoms with Crippen molar-refractivity contribution in [3.05, 3.63) is 41.0 Å². The lowest BCUT2D eigenvalue weighted by Gasteiger charge is -2.46. The Morgan fingerprint density at radius 3 is 2.37 bits per heavy atom. The second kappa shape index (κ2) is 10.2. The fourth-order valence-corrected chi connectivity index (χ4v) is 6.80. The van der Waals surface area contributed by atoms with E-state index in [1.54, 1.807) is 12.1 Å². The first-order chi connectivity index (χ1) is 19.9. The Kier molecular flexibility index (Phi) is 6.62. The van der Waals surface area contributed by atoms with E-state index in [0.29, 0.717) is 30.1 Å². The van der Waals surface area contributed by atoms with E-state index < -0.39 is 24.2 Å². The number of methoxy groups -OCH3 is 2. The number of carbonyl (C=O) groups is 1. The Morgan fingerprint density at radius 1 is 0.951 bits per heavy atom. The molecular formula is C29H33NO11. The number of cyclic esters (lactones) is 1.